The molecule has 1 aliphatic heterocycles. The van der Waals surface area contributed by atoms with Gasteiger partial charge in [0.2, 0.25) is 11.8 Å². The van der Waals surface area contributed by atoms with E-state index in [0.29, 0.717) is 46.9 Å². The first kappa shape index (κ1) is 24.6. The zero-order valence-electron chi connectivity index (χ0n) is 18.2. The molecular weight excluding hydrogens is 487 g/mol. The third-order valence-electron chi connectivity index (χ3n) is 6.79. The van der Waals surface area contributed by atoms with E-state index >= 15 is 0 Å². The molecule has 6 atom stereocenters. The number of aliphatic hydroxyl groups excluding tert-OH is 2. The average molecular weight is 514 g/mol. The molecule has 0 spiro atoms. The first-order valence-corrected chi connectivity index (χ1v) is 12.2. The molecule has 9 heteroatoms. The van der Waals surface area contributed by atoms with E-state index in [-0.39, 0.29) is 36.2 Å². The van der Waals surface area contributed by atoms with Crippen molar-refractivity contribution in [1.82, 2.24) is 9.88 Å². The summed E-state index contributed by atoms with van der Waals surface area (Å²) in [6, 6.07) is 9.00. The SMILES string of the molecule is C[C@H](Oc1ccc(Cl)cn1)[C@H]1CN(C(=O)[C@H]2CC[C@H](O)[C@@H](O)C2)C[C@@H]1c1ccc(Cl)c(Cl)c1. The van der Waals surface area contributed by atoms with Gasteiger partial charge in [0.1, 0.15) is 6.10 Å². The normalized spacial score (nSPS) is 28.5. The van der Waals surface area contributed by atoms with Gasteiger partial charge in [-0.3, -0.25) is 4.79 Å². The van der Waals surface area contributed by atoms with E-state index < -0.39 is 12.2 Å². The van der Waals surface area contributed by atoms with Crippen molar-refractivity contribution >= 4 is 40.7 Å². The quantitative estimate of drug-likeness (QED) is 0.612. The van der Waals surface area contributed by atoms with Gasteiger partial charge in [0, 0.05) is 43.1 Å². The molecule has 4 rings (SSSR count). The van der Waals surface area contributed by atoms with Gasteiger partial charge >= 0.3 is 0 Å². The highest BCUT2D eigenvalue weighted by Gasteiger charge is 2.43. The summed E-state index contributed by atoms with van der Waals surface area (Å²) in [7, 11) is 0. The fourth-order valence-electron chi connectivity index (χ4n) is 4.90. The van der Waals surface area contributed by atoms with E-state index in [9.17, 15) is 15.0 Å². The molecule has 1 saturated heterocycles. The van der Waals surface area contributed by atoms with Crippen molar-refractivity contribution in [1.29, 1.82) is 0 Å². The van der Waals surface area contributed by atoms with Crippen LogP contribution in [-0.4, -0.2) is 57.4 Å². The van der Waals surface area contributed by atoms with E-state index in [1.165, 1.54) is 6.20 Å². The minimum absolute atomic E-state index is 0.00493. The van der Waals surface area contributed by atoms with Gasteiger partial charge in [-0.05, 0) is 49.9 Å². The first-order chi connectivity index (χ1) is 15.7. The Labute approximate surface area is 208 Å². The Hall–Kier alpha value is -1.57. The van der Waals surface area contributed by atoms with Gasteiger partial charge in [-0.25, -0.2) is 4.98 Å². The lowest BCUT2D eigenvalue weighted by Crippen LogP contribution is -2.42. The third-order valence-corrected chi connectivity index (χ3v) is 7.75. The van der Waals surface area contributed by atoms with E-state index in [1.54, 1.807) is 18.2 Å². The van der Waals surface area contributed by atoms with Crippen LogP contribution in [0.15, 0.2) is 36.5 Å². The smallest absolute Gasteiger partial charge is 0.225 e. The molecule has 2 aromatic rings. The van der Waals surface area contributed by atoms with E-state index in [4.69, 9.17) is 39.5 Å². The standard InChI is InChI=1S/C24H27Cl3N2O4/c1-13(33-23-7-4-16(25)10-28-23)17-11-29(24(32)15-3-6-21(30)22(31)9-15)12-18(17)14-2-5-19(26)20(27)8-14/h2,4-5,7-8,10,13,15,17-18,21-22,30-31H,3,6,9,11-12H2,1H3/t13-,15-,17+,18+,21-,22-/m0/s1. The lowest BCUT2D eigenvalue weighted by Gasteiger charge is -2.32. The van der Waals surface area contributed by atoms with E-state index in [1.807, 2.05) is 24.0 Å². The monoisotopic (exact) mass is 512 g/mol. The summed E-state index contributed by atoms with van der Waals surface area (Å²) in [5.74, 6) is 0.151. The second-order valence-corrected chi connectivity index (χ2v) is 10.2. The van der Waals surface area contributed by atoms with Gasteiger partial charge in [0.05, 0.1) is 27.3 Å². The minimum Gasteiger partial charge on any atom is -0.474 e. The van der Waals surface area contributed by atoms with Gasteiger partial charge < -0.3 is 19.8 Å². The van der Waals surface area contributed by atoms with Crippen LogP contribution in [0.4, 0.5) is 0 Å². The van der Waals surface area contributed by atoms with Gasteiger partial charge in [0.25, 0.3) is 0 Å². The number of carbonyl (C=O) groups is 1. The number of ether oxygens (including phenoxy) is 1. The molecule has 0 radical (unpaired) electrons. The number of benzene rings is 1. The van der Waals surface area contributed by atoms with Crippen molar-refractivity contribution in [3.05, 3.63) is 57.2 Å². The molecule has 0 unspecified atom stereocenters. The fourth-order valence-corrected chi connectivity index (χ4v) is 5.32. The number of hydrogen-bond donors (Lipinski definition) is 2. The molecule has 1 aromatic carbocycles. The second-order valence-electron chi connectivity index (χ2n) is 8.97. The summed E-state index contributed by atoms with van der Waals surface area (Å²) in [6.07, 6.45) is 0.935. The van der Waals surface area contributed by atoms with Crippen molar-refractivity contribution in [2.24, 2.45) is 11.8 Å². The highest BCUT2D eigenvalue weighted by atomic mass is 35.5. The maximum Gasteiger partial charge on any atom is 0.225 e. The number of rotatable bonds is 5. The molecule has 1 amide bonds. The van der Waals surface area contributed by atoms with E-state index in [0.717, 1.165) is 5.56 Å². The molecule has 33 heavy (non-hydrogen) atoms. The van der Waals surface area contributed by atoms with Gasteiger partial charge in [0.15, 0.2) is 0 Å². The zero-order chi connectivity index (χ0) is 23.7. The Balaban J connectivity index is 1.55. The molecule has 1 saturated carbocycles. The number of aromatic nitrogens is 1. The third kappa shape index (κ3) is 5.57. The molecule has 6 nitrogen and oxygen atoms in total. The Kier molecular flexibility index (Phi) is 7.71. The van der Waals surface area contributed by atoms with Crippen LogP contribution in [0.25, 0.3) is 0 Å². The van der Waals surface area contributed by atoms with Crippen LogP contribution in [0.1, 0.15) is 37.7 Å². The summed E-state index contributed by atoms with van der Waals surface area (Å²) in [4.78, 5) is 19.4. The van der Waals surface area contributed by atoms with Gasteiger partial charge in [-0.1, -0.05) is 40.9 Å². The number of amides is 1. The maximum absolute atomic E-state index is 13.3. The molecule has 1 aliphatic carbocycles. The number of aliphatic hydroxyl groups is 2. The maximum atomic E-state index is 13.3. The van der Waals surface area contributed by atoms with Crippen molar-refractivity contribution in [3.63, 3.8) is 0 Å². The van der Waals surface area contributed by atoms with Gasteiger partial charge in [-0.15, -0.1) is 0 Å². The van der Waals surface area contributed by atoms with Crippen LogP contribution >= 0.6 is 34.8 Å². The summed E-state index contributed by atoms with van der Waals surface area (Å²) in [5.41, 5.74) is 0.989. The summed E-state index contributed by atoms with van der Waals surface area (Å²) in [6.45, 7) is 2.99. The Morgan fingerprint density at radius 1 is 1.09 bits per heavy atom. The Bertz CT molecular complexity index is 990. The topological polar surface area (TPSA) is 82.9 Å². The summed E-state index contributed by atoms with van der Waals surface area (Å²) < 4.78 is 6.12. The van der Waals surface area contributed by atoms with Gasteiger partial charge in [-0.2, -0.15) is 0 Å². The van der Waals surface area contributed by atoms with Crippen molar-refractivity contribution in [2.75, 3.05) is 13.1 Å². The number of pyridine rings is 1. The average Bonchev–Trinajstić information content (AvgIpc) is 3.24. The fraction of sp³-hybridized carbons (Fsp3) is 0.500. The Morgan fingerprint density at radius 3 is 2.55 bits per heavy atom. The van der Waals surface area contributed by atoms with Crippen molar-refractivity contribution in [3.8, 4) is 5.88 Å². The molecule has 2 aliphatic rings. The second kappa shape index (κ2) is 10.4. The number of hydrogen-bond acceptors (Lipinski definition) is 5. The minimum atomic E-state index is -0.866. The molecular formula is C24H27Cl3N2O4. The number of nitrogens with zero attached hydrogens (tertiary/aromatic N) is 2. The first-order valence-electron chi connectivity index (χ1n) is 11.1. The molecule has 0 bridgehead atoms. The molecule has 2 heterocycles. The number of likely N-dealkylation sites (tertiary alicyclic amines) is 1. The zero-order valence-corrected chi connectivity index (χ0v) is 20.5. The lowest BCUT2D eigenvalue weighted by molar-refractivity contribution is -0.139. The van der Waals surface area contributed by atoms with Crippen LogP contribution in [0.3, 0.4) is 0 Å². The molecule has 2 N–H and O–H groups in total. The largest absolute Gasteiger partial charge is 0.474 e. The van der Waals surface area contributed by atoms with Crippen LogP contribution in [0, 0.1) is 11.8 Å². The van der Waals surface area contributed by atoms with Crippen molar-refractivity contribution in [2.45, 2.75) is 50.4 Å². The predicted octanol–water partition coefficient (Wildman–Crippen LogP) is 4.57. The molecule has 2 fully saturated rings. The lowest BCUT2D eigenvalue weighted by atomic mass is 9.84. The van der Waals surface area contributed by atoms with Crippen LogP contribution in [0.2, 0.25) is 15.1 Å². The number of halogens is 3. The highest BCUT2D eigenvalue weighted by Crippen LogP contribution is 2.39. The van der Waals surface area contributed by atoms with Crippen molar-refractivity contribution < 1.29 is 19.7 Å². The van der Waals surface area contributed by atoms with Crippen LogP contribution in [-0.2, 0) is 4.79 Å². The molecule has 178 valence electrons. The summed E-state index contributed by atoms with van der Waals surface area (Å²) >= 11 is 18.4. The summed E-state index contributed by atoms with van der Waals surface area (Å²) in [5, 5.41) is 21.4. The highest BCUT2D eigenvalue weighted by molar-refractivity contribution is 6.42. The van der Waals surface area contributed by atoms with Crippen LogP contribution in [0.5, 0.6) is 5.88 Å². The van der Waals surface area contributed by atoms with Crippen LogP contribution < -0.4 is 4.74 Å². The molecule has 1 aromatic heterocycles. The number of carbonyl (C=O) groups excluding carboxylic acids is 1. The van der Waals surface area contributed by atoms with E-state index in [2.05, 4.69) is 4.98 Å². The Morgan fingerprint density at radius 2 is 1.88 bits per heavy atom. The predicted molar refractivity (Wildman–Crippen MR) is 128 cm³/mol.